The van der Waals surface area contributed by atoms with Gasteiger partial charge >= 0.3 is 0 Å². The number of aromatic nitrogens is 2. The monoisotopic (exact) mass is 393 g/mol. The van der Waals surface area contributed by atoms with Gasteiger partial charge in [-0.1, -0.05) is 41.0 Å². The van der Waals surface area contributed by atoms with Crippen LogP contribution in [0.25, 0.3) is 11.4 Å². The van der Waals surface area contributed by atoms with Crippen molar-refractivity contribution in [3.05, 3.63) is 59.4 Å². The minimum absolute atomic E-state index is 0.0317. The second-order valence-corrected chi connectivity index (χ2v) is 7.46. The van der Waals surface area contributed by atoms with Crippen LogP contribution >= 0.6 is 11.6 Å². The molecule has 0 unspecified atom stereocenters. The van der Waals surface area contributed by atoms with Gasteiger partial charge in [0, 0.05) is 18.5 Å². The van der Waals surface area contributed by atoms with E-state index in [0.29, 0.717) is 17.5 Å². The van der Waals surface area contributed by atoms with E-state index in [1.54, 1.807) is 25.3 Å². The van der Waals surface area contributed by atoms with E-state index in [0.717, 1.165) is 5.56 Å². The van der Waals surface area contributed by atoms with Gasteiger partial charge in [0.25, 0.3) is 0 Å². The van der Waals surface area contributed by atoms with Gasteiger partial charge in [-0.2, -0.15) is 4.98 Å². The molecule has 9 heteroatoms. The van der Waals surface area contributed by atoms with Crippen molar-refractivity contribution in [2.75, 3.05) is 13.7 Å². The predicted octanol–water partition coefficient (Wildman–Crippen LogP) is 2.92. The van der Waals surface area contributed by atoms with Crippen LogP contribution in [0.1, 0.15) is 5.89 Å². The lowest BCUT2D eigenvalue weighted by Crippen LogP contribution is -2.26. The Hall–Kier alpha value is -2.42. The fourth-order valence-corrected chi connectivity index (χ4v) is 3.82. The van der Waals surface area contributed by atoms with Gasteiger partial charge in [0.15, 0.2) is 0 Å². The van der Waals surface area contributed by atoms with E-state index in [2.05, 4.69) is 14.9 Å². The first kappa shape index (κ1) is 18.4. The molecule has 0 bridgehead atoms. The number of halogens is 1. The highest BCUT2D eigenvalue weighted by atomic mass is 35.5. The summed E-state index contributed by atoms with van der Waals surface area (Å²) >= 11 is 5.93. The SMILES string of the molecule is COc1cccc(-c2noc(CCNS(=O)(=O)c3ccccc3Cl)n2)c1. The lowest BCUT2D eigenvalue weighted by molar-refractivity contribution is 0.379. The molecule has 0 aliphatic rings. The molecule has 3 aromatic rings. The Kier molecular flexibility index (Phi) is 5.55. The van der Waals surface area contributed by atoms with Crippen LogP contribution in [0.2, 0.25) is 5.02 Å². The third kappa shape index (κ3) is 4.21. The molecule has 136 valence electrons. The Morgan fingerprint density at radius 1 is 1.19 bits per heavy atom. The first-order chi connectivity index (χ1) is 12.5. The summed E-state index contributed by atoms with van der Waals surface area (Å²) in [5.74, 6) is 1.42. The van der Waals surface area contributed by atoms with Crippen molar-refractivity contribution in [3.8, 4) is 17.1 Å². The number of benzene rings is 2. The van der Waals surface area contributed by atoms with Crippen LogP contribution in [0.3, 0.4) is 0 Å². The van der Waals surface area contributed by atoms with Crippen molar-refractivity contribution in [1.29, 1.82) is 0 Å². The van der Waals surface area contributed by atoms with E-state index < -0.39 is 10.0 Å². The molecule has 0 spiro atoms. The van der Waals surface area contributed by atoms with Crippen LogP contribution in [-0.2, 0) is 16.4 Å². The van der Waals surface area contributed by atoms with E-state index in [1.165, 1.54) is 12.1 Å². The summed E-state index contributed by atoms with van der Waals surface area (Å²) < 4.78 is 37.3. The molecule has 0 atom stereocenters. The number of ether oxygens (including phenoxy) is 1. The molecule has 0 saturated carbocycles. The second kappa shape index (κ2) is 7.86. The van der Waals surface area contributed by atoms with Crippen LogP contribution in [0.5, 0.6) is 5.75 Å². The molecule has 3 rings (SSSR count). The molecule has 0 radical (unpaired) electrons. The highest BCUT2D eigenvalue weighted by molar-refractivity contribution is 7.89. The number of hydrogen-bond acceptors (Lipinski definition) is 6. The van der Waals surface area contributed by atoms with Crippen molar-refractivity contribution in [2.24, 2.45) is 0 Å². The van der Waals surface area contributed by atoms with Crippen LogP contribution in [0.15, 0.2) is 57.9 Å². The number of nitrogens with one attached hydrogen (secondary N) is 1. The van der Waals surface area contributed by atoms with Gasteiger partial charge in [0.05, 0.1) is 12.1 Å². The molecule has 0 saturated heterocycles. The van der Waals surface area contributed by atoms with Crippen LogP contribution in [0, 0.1) is 0 Å². The fraction of sp³-hybridized carbons (Fsp3) is 0.176. The zero-order valence-corrected chi connectivity index (χ0v) is 15.4. The van der Waals surface area contributed by atoms with Crippen molar-refractivity contribution in [3.63, 3.8) is 0 Å². The molecule has 0 amide bonds. The topological polar surface area (TPSA) is 94.3 Å². The summed E-state index contributed by atoms with van der Waals surface area (Å²) in [6.45, 7) is 0.104. The van der Waals surface area contributed by atoms with E-state index in [-0.39, 0.29) is 22.9 Å². The average Bonchev–Trinajstić information content (AvgIpc) is 3.11. The van der Waals surface area contributed by atoms with Gasteiger partial charge in [-0.15, -0.1) is 0 Å². The maximum atomic E-state index is 12.3. The van der Waals surface area contributed by atoms with Gasteiger partial charge in [0.1, 0.15) is 10.6 Å². The van der Waals surface area contributed by atoms with Crippen molar-refractivity contribution >= 4 is 21.6 Å². The molecule has 2 aromatic carbocycles. The number of rotatable bonds is 7. The minimum Gasteiger partial charge on any atom is -0.497 e. The smallest absolute Gasteiger partial charge is 0.242 e. The zero-order valence-electron chi connectivity index (χ0n) is 13.8. The molecule has 0 fully saturated rings. The maximum absolute atomic E-state index is 12.3. The fourth-order valence-electron chi connectivity index (χ4n) is 2.27. The van der Waals surface area contributed by atoms with E-state index >= 15 is 0 Å². The minimum atomic E-state index is -3.70. The van der Waals surface area contributed by atoms with Gasteiger partial charge in [-0.3, -0.25) is 0 Å². The molecule has 26 heavy (non-hydrogen) atoms. The van der Waals surface area contributed by atoms with Gasteiger partial charge in [-0.05, 0) is 24.3 Å². The maximum Gasteiger partial charge on any atom is 0.242 e. The normalized spacial score (nSPS) is 11.5. The van der Waals surface area contributed by atoms with Crippen LogP contribution in [-0.4, -0.2) is 32.2 Å². The number of hydrogen-bond donors (Lipinski definition) is 1. The molecular weight excluding hydrogens is 378 g/mol. The summed E-state index contributed by atoms with van der Waals surface area (Å²) in [4.78, 5) is 4.30. The zero-order chi connectivity index (χ0) is 18.6. The first-order valence-corrected chi connectivity index (χ1v) is 9.57. The lowest BCUT2D eigenvalue weighted by atomic mass is 10.2. The number of sulfonamides is 1. The van der Waals surface area contributed by atoms with Gasteiger partial charge in [-0.25, -0.2) is 13.1 Å². The molecule has 0 aliphatic carbocycles. The molecule has 1 heterocycles. The third-order valence-electron chi connectivity index (χ3n) is 3.55. The van der Waals surface area contributed by atoms with Crippen LogP contribution in [0.4, 0.5) is 0 Å². The van der Waals surface area contributed by atoms with E-state index in [1.807, 2.05) is 18.2 Å². The summed E-state index contributed by atoms with van der Waals surface area (Å²) in [5.41, 5.74) is 0.746. The molecule has 1 aromatic heterocycles. The molecule has 0 aliphatic heterocycles. The summed E-state index contributed by atoms with van der Waals surface area (Å²) in [6, 6.07) is 13.5. The highest BCUT2D eigenvalue weighted by Crippen LogP contribution is 2.22. The quantitative estimate of drug-likeness (QED) is 0.663. The number of nitrogens with zero attached hydrogens (tertiary/aromatic N) is 2. The Morgan fingerprint density at radius 3 is 2.77 bits per heavy atom. The van der Waals surface area contributed by atoms with Crippen molar-refractivity contribution in [1.82, 2.24) is 14.9 Å². The molecular formula is C17H16ClN3O4S. The average molecular weight is 394 g/mol. The predicted molar refractivity (Wildman–Crippen MR) is 96.6 cm³/mol. The lowest BCUT2D eigenvalue weighted by Gasteiger charge is -2.06. The summed E-state index contributed by atoms with van der Waals surface area (Å²) in [5, 5.41) is 4.07. The van der Waals surface area contributed by atoms with Crippen LogP contribution < -0.4 is 9.46 Å². The van der Waals surface area contributed by atoms with Crippen molar-refractivity contribution < 1.29 is 17.7 Å². The van der Waals surface area contributed by atoms with Gasteiger partial charge < -0.3 is 9.26 Å². The van der Waals surface area contributed by atoms with E-state index in [9.17, 15) is 8.42 Å². The molecule has 1 N–H and O–H groups in total. The third-order valence-corrected chi connectivity index (χ3v) is 5.51. The Balaban J connectivity index is 1.64. The standard InChI is InChI=1S/C17H16ClN3O4S/c1-24-13-6-4-5-12(11-13)17-20-16(25-21-17)9-10-19-26(22,23)15-8-3-2-7-14(15)18/h2-8,11,19H,9-10H2,1H3. The Morgan fingerprint density at radius 2 is 2.00 bits per heavy atom. The molecule has 7 nitrogen and oxygen atoms in total. The highest BCUT2D eigenvalue weighted by Gasteiger charge is 2.17. The Labute approximate surface area is 156 Å². The largest absolute Gasteiger partial charge is 0.497 e. The first-order valence-electron chi connectivity index (χ1n) is 7.71. The summed E-state index contributed by atoms with van der Waals surface area (Å²) in [7, 11) is -2.13. The van der Waals surface area contributed by atoms with Gasteiger partial charge in [0.2, 0.25) is 21.7 Å². The Bertz CT molecular complexity index is 1000. The van der Waals surface area contributed by atoms with Crippen molar-refractivity contribution in [2.45, 2.75) is 11.3 Å². The number of methoxy groups -OCH3 is 1. The summed E-state index contributed by atoms with van der Waals surface area (Å²) in [6.07, 6.45) is 0.251. The second-order valence-electron chi connectivity index (χ2n) is 5.32. The van der Waals surface area contributed by atoms with E-state index in [4.69, 9.17) is 20.9 Å².